The average Bonchev–Trinajstić information content (AvgIpc) is 3.08. The molecule has 4 heterocycles. The highest BCUT2D eigenvalue weighted by atomic mass is 15.2. The van der Waals surface area contributed by atoms with Gasteiger partial charge in [-0.2, -0.15) is 5.10 Å². The molecule has 1 fully saturated rings. The van der Waals surface area contributed by atoms with E-state index in [1.807, 2.05) is 17.9 Å². The van der Waals surface area contributed by atoms with Gasteiger partial charge in [0, 0.05) is 36.6 Å². The van der Waals surface area contributed by atoms with Crippen molar-refractivity contribution >= 4 is 5.82 Å². The van der Waals surface area contributed by atoms with Gasteiger partial charge < -0.3 is 10.6 Å². The highest BCUT2D eigenvalue weighted by molar-refractivity contribution is 5.68. The van der Waals surface area contributed by atoms with Crippen molar-refractivity contribution in [1.29, 1.82) is 0 Å². The predicted molar refractivity (Wildman–Crippen MR) is 83.3 cm³/mol. The van der Waals surface area contributed by atoms with Crippen LogP contribution in [-0.2, 0) is 13.5 Å². The van der Waals surface area contributed by atoms with Gasteiger partial charge in [-0.15, -0.1) is 0 Å². The first-order chi connectivity index (χ1) is 10.2. The smallest absolute Gasteiger partial charge is 0.129 e. The molecule has 0 radical (unpaired) electrons. The third kappa shape index (κ3) is 2.12. The lowest BCUT2D eigenvalue weighted by Crippen LogP contribution is -2.44. The lowest BCUT2D eigenvalue weighted by atomic mass is 9.86. The molecule has 0 bridgehead atoms. The number of rotatable bonds is 1. The predicted octanol–water partition coefficient (Wildman–Crippen LogP) is 1.88. The minimum Gasteiger partial charge on any atom is -0.363 e. The van der Waals surface area contributed by atoms with Crippen LogP contribution in [0.1, 0.15) is 24.1 Å². The van der Waals surface area contributed by atoms with Crippen molar-refractivity contribution < 1.29 is 0 Å². The maximum absolute atomic E-state index is 4.84. The standard InChI is InChI=1S/C16H21N5/c1-11-14(13-8-18-21(2)9-13)7-12-3-4-16(5-6-17-10-16)20-15(12)19-11/h7-9,17H,3-6,10H2,1-2H3,(H,19,20). The molecule has 5 heteroatoms. The summed E-state index contributed by atoms with van der Waals surface area (Å²) in [6.07, 6.45) is 7.44. The summed E-state index contributed by atoms with van der Waals surface area (Å²) in [5, 5.41) is 11.4. The van der Waals surface area contributed by atoms with Crippen LogP contribution in [0.25, 0.3) is 11.1 Å². The zero-order valence-corrected chi connectivity index (χ0v) is 12.6. The van der Waals surface area contributed by atoms with Crippen molar-refractivity contribution in [1.82, 2.24) is 20.1 Å². The topological polar surface area (TPSA) is 54.8 Å². The van der Waals surface area contributed by atoms with Crippen LogP contribution in [0.15, 0.2) is 18.5 Å². The van der Waals surface area contributed by atoms with Gasteiger partial charge in [-0.3, -0.25) is 4.68 Å². The van der Waals surface area contributed by atoms with Gasteiger partial charge in [-0.25, -0.2) is 4.98 Å². The van der Waals surface area contributed by atoms with Gasteiger partial charge in [0.25, 0.3) is 0 Å². The fraction of sp³-hybridized carbons (Fsp3) is 0.500. The minimum absolute atomic E-state index is 0.224. The van der Waals surface area contributed by atoms with Crippen molar-refractivity contribution in [3.8, 4) is 11.1 Å². The monoisotopic (exact) mass is 283 g/mol. The molecule has 0 aromatic carbocycles. The van der Waals surface area contributed by atoms with Gasteiger partial charge in [-0.05, 0) is 44.4 Å². The van der Waals surface area contributed by atoms with Gasteiger partial charge >= 0.3 is 0 Å². The summed E-state index contributed by atoms with van der Waals surface area (Å²) in [6.45, 7) is 4.24. The van der Waals surface area contributed by atoms with E-state index in [1.165, 1.54) is 24.0 Å². The quantitative estimate of drug-likeness (QED) is 0.839. The number of nitrogens with zero attached hydrogens (tertiary/aromatic N) is 3. The first-order valence-corrected chi connectivity index (χ1v) is 7.64. The Kier molecular flexibility index (Phi) is 2.79. The number of pyridine rings is 1. The van der Waals surface area contributed by atoms with Crippen molar-refractivity contribution in [3.63, 3.8) is 0 Å². The van der Waals surface area contributed by atoms with Gasteiger partial charge in [0.15, 0.2) is 0 Å². The van der Waals surface area contributed by atoms with Gasteiger partial charge in [0.1, 0.15) is 5.82 Å². The highest BCUT2D eigenvalue weighted by Crippen LogP contribution is 2.36. The Bertz CT molecular complexity index is 682. The SMILES string of the molecule is Cc1nc2c(cc1-c1cnn(C)c1)CCC1(CCNC1)N2. The molecule has 2 aliphatic heterocycles. The second-order valence-corrected chi connectivity index (χ2v) is 6.36. The van der Waals surface area contributed by atoms with E-state index in [0.29, 0.717) is 0 Å². The molecule has 1 unspecified atom stereocenters. The fourth-order valence-corrected chi connectivity index (χ4v) is 3.55. The van der Waals surface area contributed by atoms with Crippen LogP contribution in [0.4, 0.5) is 5.82 Å². The van der Waals surface area contributed by atoms with E-state index in [0.717, 1.165) is 36.6 Å². The van der Waals surface area contributed by atoms with Crippen LogP contribution in [0, 0.1) is 6.92 Å². The highest BCUT2D eigenvalue weighted by Gasteiger charge is 2.37. The molecule has 2 aromatic heterocycles. The summed E-state index contributed by atoms with van der Waals surface area (Å²) >= 11 is 0. The summed E-state index contributed by atoms with van der Waals surface area (Å²) in [5.74, 6) is 1.08. The third-order valence-corrected chi connectivity index (χ3v) is 4.81. The van der Waals surface area contributed by atoms with Crippen molar-refractivity contribution in [2.45, 2.75) is 31.7 Å². The van der Waals surface area contributed by atoms with Gasteiger partial charge in [0.2, 0.25) is 0 Å². The third-order valence-electron chi connectivity index (χ3n) is 4.81. The maximum atomic E-state index is 4.84. The van der Waals surface area contributed by atoms with Crippen LogP contribution in [0.3, 0.4) is 0 Å². The molecule has 21 heavy (non-hydrogen) atoms. The second-order valence-electron chi connectivity index (χ2n) is 6.36. The summed E-state index contributed by atoms with van der Waals surface area (Å²) in [4.78, 5) is 4.84. The molecule has 2 aromatic rings. The molecule has 2 aliphatic rings. The van der Waals surface area contributed by atoms with Gasteiger partial charge in [-0.1, -0.05) is 0 Å². The Balaban J connectivity index is 1.72. The van der Waals surface area contributed by atoms with Crippen LogP contribution in [-0.4, -0.2) is 33.4 Å². The molecule has 0 aliphatic carbocycles. The van der Waals surface area contributed by atoms with Crippen molar-refractivity contribution in [2.75, 3.05) is 18.4 Å². The zero-order valence-electron chi connectivity index (χ0n) is 12.6. The Morgan fingerprint density at radius 1 is 1.33 bits per heavy atom. The fourth-order valence-electron chi connectivity index (χ4n) is 3.55. The minimum atomic E-state index is 0.224. The number of hydrogen-bond acceptors (Lipinski definition) is 4. The Hall–Kier alpha value is -1.88. The average molecular weight is 283 g/mol. The molecular weight excluding hydrogens is 262 g/mol. The lowest BCUT2D eigenvalue weighted by Gasteiger charge is -2.36. The largest absolute Gasteiger partial charge is 0.363 e. The summed E-state index contributed by atoms with van der Waals surface area (Å²) < 4.78 is 1.84. The number of anilines is 1. The van der Waals surface area contributed by atoms with E-state index < -0.39 is 0 Å². The van der Waals surface area contributed by atoms with Gasteiger partial charge in [0.05, 0.1) is 11.7 Å². The molecule has 2 N–H and O–H groups in total. The molecule has 1 atom stereocenters. The number of fused-ring (bicyclic) bond motifs is 1. The number of aromatic nitrogens is 3. The molecule has 0 saturated carbocycles. The first kappa shape index (κ1) is 12.8. The van der Waals surface area contributed by atoms with Crippen molar-refractivity contribution in [3.05, 3.63) is 29.7 Å². The van der Waals surface area contributed by atoms with E-state index in [-0.39, 0.29) is 5.54 Å². The van der Waals surface area contributed by atoms with Crippen molar-refractivity contribution in [2.24, 2.45) is 7.05 Å². The molecule has 0 amide bonds. The van der Waals surface area contributed by atoms with Crippen LogP contribution in [0.2, 0.25) is 0 Å². The van der Waals surface area contributed by atoms with Crippen LogP contribution in [0.5, 0.6) is 0 Å². The van der Waals surface area contributed by atoms with Crippen LogP contribution < -0.4 is 10.6 Å². The number of nitrogens with one attached hydrogen (secondary N) is 2. The van der Waals surface area contributed by atoms with Crippen LogP contribution >= 0.6 is 0 Å². The number of aryl methyl sites for hydroxylation is 3. The molecular formula is C16H21N5. The zero-order chi connectivity index (χ0) is 14.4. The summed E-state index contributed by atoms with van der Waals surface area (Å²) in [7, 11) is 1.95. The second kappa shape index (κ2) is 4.56. The van der Waals surface area contributed by atoms with E-state index in [9.17, 15) is 0 Å². The Labute approximate surface area is 124 Å². The number of hydrogen-bond donors (Lipinski definition) is 2. The first-order valence-electron chi connectivity index (χ1n) is 7.64. The van der Waals surface area contributed by atoms with E-state index in [1.54, 1.807) is 0 Å². The van der Waals surface area contributed by atoms with E-state index >= 15 is 0 Å². The molecule has 1 spiro atoms. The normalized spacial score (nSPS) is 24.1. The molecule has 110 valence electrons. The van der Waals surface area contributed by atoms with E-state index in [2.05, 4.69) is 34.9 Å². The van der Waals surface area contributed by atoms with E-state index in [4.69, 9.17) is 4.98 Å². The summed E-state index contributed by atoms with van der Waals surface area (Å²) in [5.41, 5.74) is 4.97. The Morgan fingerprint density at radius 3 is 2.95 bits per heavy atom. The molecule has 5 nitrogen and oxygen atoms in total. The maximum Gasteiger partial charge on any atom is 0.129 e. The lowest BCUT2D eigenvalue weighted by molar-refractivity contribution is 0.454. The summed E-state index contributed by atoms with van der Waals surface area (Å²) in [6, 6.07) is 2.29. The molecule has 1 saturated heterocycles. The Morgan fingerprint density at radius 2 is 2.24 bits per heavy atom. The molecule has 4 rings (SSSR count).